The van der Waals surface area contributed by atoms with Crippen molar-refractivity contribution in [3.8, 4) is 0 Å². The standard InChI is InChI=1S/C14H12BrCl2NS/c15-12-8-11(3-1-9(12)5-6-18)19-14-7-10(16)2-4-13(14)17/h1-4,7-8H,5-6,18H2. The normalized spacial score (nSPS) is 10.7. The highest BCUT2D eigenvalue weighted by molar-refractivity contribution is 9.10. The fourth-order valence-electron chi connectivity index (χ4n) is 1.63. The van der Waals surface area contributed by atoms with Crippen molar-refractivity contribution in [2.75, 3.05) is 6.54 Å². The van der Waals surface area contributed by atoms with E-state index in [2.05, 4.69) is 34.1 Å². The monoisotopic (exact) mass is 375 g/mol. The minimum Gasteiger partial charge on any atom is -0.330 e. The first-order valence-electron chi connectivity index (χ1n) is 5.71. The molecule has 0 heterocycles. The van der Waals surface area contributed by atoms with Crippen LogP contribution in [0.2, 0.25) is 10.0 Å². The Labute approximate surface area is 135 Å². The molecule has 0 fully saturated rings. The molecule has 0 aliphatic carbocycles. The molecule has 2 aromatic rings. The number of nitrogens with two attached hydrogens (primary N) is 1. The third-order valence-electron chi connectivity index (χ3n) is 2.56. The van der Waals surface area contributed by atoms with E-state index in [4.69, 9.17) is 28.9 Å². The maximum Gasteiger partial charge on any atom is 0.0546 e. The van der Waals surface area contributed by atoms with E-state index in [0.29, 0.717) is 16.6 Å². The van der Waals surface area contributed by atoms with E-state index in [1.807, 2.05) is 12.1 Å². The third-order valence-corrected chi connectivity index (χ3v) is 5.02. The summed E-state index contributed by atoms with van der Waals surface area (Å²) in [5.74, 6) is 0. The first-order chi connectivity index (χ1) is 9.10. The molecule has 0 aliphatic rings. The Kier molecular flexibility index (Phi) is 5.60. The summed E-state index contributed by atoms with van der Waals surface area (Å²) in [6, 6.07) is 11.7. The Bertz CT molecular complexity index is 590. The van der Waals surface area contributed by atoms with Crippen LogP contribution in [-0.2, 0) is 6.42 Å². The largest absolute Gasteiger partial charge is 0.330 e. The molecule has 0 aliphatic heterocycles. The molecule has 0 saturated carbocycles. The molecule has 100 valence electrons. The highest BCUT2D eigenvalue weighted by atomic mass is 79.9. The van der Waals surface area contributed by atoms with Crippen LogP contribution in [0.25, 0.3) is 0 Å². The van der Waals surface area contributed by atoms with Crippen LogP contribution in [0, 0.1) is 0 Å². The summed E-state index contributed by atoms with van der Waals surface area (Å²) in [5, 5.41) is 1.39. The highest BCUT2D eigenvalue weighted by Crippen LogP contribution is 2.36. The number of hydrogen-bond donors (Lipinski definition) is 1. The lowest BCUT2D eigenvalue weighted by Crippen LogP contribution is -2.03. The molecule has 2 N–H and O–H groups in total. The second-order valence-corrected chi connectivity index (χ2v) is 6.78. The molecule has 0 aromatic heterocycles. The molecule has 0 amide bonds. The molecular weight excluding hydrogens is 365 g/mol. The van der Waals surface area contributed by atoms with E-state index in [0.717, 1.165) is 20.7 Å². The minimum atomic E-state index is 0.644. The van der Waals surface area contributed by atoms with Crippen molar-refractivity contribution in [1.82, 2.24) is 0 Å². The lowest BCUT2D eigenvalue weighted by Gasteiger charge is -2.08. The summed E-state index contributed by atoms with van der Waals surface area (Å²) in [6.07, 6.45) is 0.865. The molecule has 0 bridgehead atoms. The van der Waals surface area contributed by atoms with Gasteiger partial charge in [0.25, 0.3) is 0 Å². The van der Waals surface area contributed by atoms with Gasteiger partial charge in [-0.3, -0.25) is 0 Å². The van der Waals surface area contributed by atoms with Gasteiger partial charge in [-0.1, -0.05) is 57.0 Å². The molecule has 0 saturated heterocycles. The first-order valence-corrected chi connectivity index (χ1v) is 8.08. The zero-order chi connectivity index (χ0) is 13.8. The molecule has 2 rings (SSSR count). The lowest BCUT2D eigenvalue weighted by molar-refractivity contribution is 0.960. The summed E-state index contributed by atoms with van der Waals surface area (Å²) < 4.78 is 1.07. The fourth-order valence-corrected chi connectivity index (χ4v) is 3.75. The highest BCUT2D eigenvalue weighted by Gasteiger charge is 2.06. The van der Waals surface area contributed by atoms with E-state index in [1.54, 1.807) is 17.8 Å². The van der Waals surface area contributed by atoms with Crippen LogP contribution in [0.4, 0.5) is 0 Å². The van der Waals surface area contributed by atoms with Gasteiger partial charge < -0.3 is 5.73 Å². The van der Waals surface area contributed by atoms with E-state index in [-0.39, 0.29) is 0 Å². The van der Waals surface area contributed by atoms with E-state index in [9.17, 15) is 0 Å². The van der Waals surface area contributed by atoms with Gasteiger partial charge in [0, 0.05) is 19.3 Å². The van der Waals surface area contributed by atoms with E-state index in [1.165, 1.54) is 5.56 Å². The van der Waals surface area contributed by atoms with Crippen LogP contribution >= 0.6 is 50.9 Å². The summed E-state index contributed by atoms with van der Waals surface area (Å²) in [7, 11) is 0. The minimum absolute atomic E-state index is 0.644. The molecule has 0 unspecified atom stereocenters. The predicted octanol–water partition coefficient (Wildman–Crippen LogP) is 5.41. The van der Waals surface area contributed by atoms with Crippen molar-refractivity contribution in [1.29, 1.82) is 0 Å². The van der Waals surface area contributed by atoms with Gasteiger partial charge in [-0.05, 0) is 48.9 Å². The molecule has 5 heteroatoms. The summed E-state index contributed by atoms with van der Waals surface area (Å²) >= 11 is 17.3. The van der Waals surface area contributed by atoms with Gasteiger partial charge in [0.05, 0.1) is 5.02 Å². The van der Waals surface area contributed by atoms with Gasteiger partial charge >= 0.3 is 0 Å². The van der Waals surface area contributed by atoms with Crippen LogP contribution in [0.5, 0.6) is 0 Å². The molecule has 0 atom stereocenters. The van der Waals surface area contributed by atoms with Crippen molar-refractivity contribution in [3.05, 3.63) is 56.5 Å². The smallest absolute Gasteiger partial charge is 0.0546 e. The van der Waals surface area contributed by atoms with Crippen molar-refractivity contribution in [2.45, 2.75) is 16.2 Å². The topological polar surface area (TPSA) is 26.0 Å². The third kappa shape index (κ3) is 4.14. The van der Waals surface area contributed by atoms with E-state index < -0.39 is 0 Å². The Balaban J connectivity index is 2.24. The molecule has 0 radical (unpaired) electrons. The average Bonchev–Trinajstić information content (AvgIpc) is 2.37. The molecule has 1 nitrogen and oxygen atoms in total. The maximum absolute atomic E-state index is 6.16. The first kappa shape index (κ1) is 15.2. The Morgan fingerprint density at radius 1 is 1.11 bits per heavy atom. The number of benzene rings is 2. The van der Waals surface area contributed by atoms with Gasteiger partial charge in [-0.2, -0.15) is 0 Å². The average molecular weight is 377 g/mol. The van der Waals surface area contributed by atoms with Gasteiger partial charge in [0.1, 0.15) is 0 Å². The van der Waals surface area contributed by atoms with Crippen molar-refractivity contribution < 1.29 is 0 Å². The second kappa shape index (κ2) is 7.00. The van der Waals surface area contributed by atoms with Gasteiger partial charge in [0.15, 0.2) is 0 Å². The fraction of sp³-hybridized carbons (Fsp3) is 0.143. The van der Waals surface area contributed by atoms with Gasteiger partial charge in [-0.15, -0.1) is 0 Å². The number of halogens is 3. The van der Waals surface area contributed by atoms with Gasteiger partial charge in [-0.25, -0.2) is 0 Å². The maximum atomic E-state index is 6.16. The zero-order valence-corrected chi connectivity index (χ0v) is 13.9. The summed E-state index contributed by atoms with van der Waals surface area (Å²) in [6.45, 7) is 0.644. The van der Waals surface area contributed by atoms with Crippen molar-refractivity contribution in [2.24, 2.45) is 5.73 Å². The number of hydrogen-bond acceptors (Lipinski definition) is 2. The summed E-state index contributed by atoms with van der Waals surface area (Å²) in [4.78, 5) is 2.06. The quantitative estimate of drug-likeness (QED) is 0.771. The Morgan fingerprint density at radius 2 is 1.89 bits per heavy atom. The van der Waals surface area contributed by atoms with Gasteiger partial charge in [0.2, 0.25) is 0 Å². The molecule has 0 spiro atoms. The molecule has 2 aromatic carbocycles. The summed E-state index contributed by atoms with van der Waals surface area (Å²) in [5.41, 5.74) is 6.78. The Morgan fingerprint density at radius 3 is 2.58 bits per heavy atom. The predicted molar refractivity (Wildman–Crippen MR) is 87.5 cm³/mol. The van der Waals surface area contributed by atoms with Crippen LogP contribution in [-0.4, -0.2) is 6.54 Å². The van der Waals surface area contributed by atoms with Crippen molar-refractivity contribution >= 4 is 50.9 Å². The van der Waals surface area contributed by atoms with Crippen LogP contribution < -0.4 is 5.73 Å². The molecular formula is C14H12BrCl2NS. The van der Waals surface area contributed by atoms with E-state index >= 15 is 0 Å². The van der Waals surface area contributed by atoms with Crippen LogP contribution in [0.1, 0.15) is 5.56 Å². The number of rotatable bonds is 4. The Hall–Kier alpha value is -0.190. The molecule has 19 heavy (non-hydrogen) atoms. The second-order valence-electron chi connectivity index (χ2n) is 3.97. The lowest BCUT2D eigenvalue weighted by atomic mass is 10.1. The zero-order valence-electron chi connectivity index (χ0n) is 10.00. The SMILES string of the molecule is NCCc1ccc(Sc2cc(Cl)ccc2Cl)cc1Br. The van der Waals surface area contributed by atoms with Crippen molar-refractivity contribution in [3.63, 3.8) is 0 Å². The van der Waals surface area contributed by atoms with Crippen LogP contribution in [0.15, 0.2) is 50.7 Å². The van der Waals surface area contributed by atoms with Crippen LogP contribution in [0.3, 0.4) is 0 Å².